The summed E-state index contributed by atoms with van der Waals surface area (Å²) in [7, 11) is 2.08. The predicted molar refractivity (Wildman–Crippen MR) is 151 cm³/mol. The molecular weight excluding hydrogens is 484 g/mol. The second-order valence-corrected chi connectivity index (χ2v) is 11.4. The van der Waals surface area contributed by atoms with Gasteiger partial charge in [-0.05, 0) is 54.3 Å². The molecule has 7 heteroatoms. The van der Waals surface area contributed by atoms with Gasteiger partial charge in [-0.1, -0.05) is 60.7 Å². The number of hydrogen-bond donors (Lipinski definition) is 0. The molecule has 1 aliphatic heterocycles. The summed E-state index contributed by atoms with van der Waals surface area (Å²) in [5.41, 5.74) is 2.67. The number of pyridine rings is 1. The normalized spacial score (nSPS) is 26.7. The van der Waals surface area contributed by atoms with E-state index in [9.17, 15) is 4.79 Å². The zero-order valence-corrected chi connectivity index (χ0v) is 21.8. The number of amides is 1. The number of likely N-dealkylation sites (N-methyl/N-ethyl adjacent to an activating group) is 1. The van der Waals surface area contributed by atoms with Crippen LogP contribution in [0.4, 0.5) is 5.69 Å². The Kier molecular flexibility index (Phi) is 5.77. The standard InChI is InChI=1S/C29H26N4OS2/c1-32(28-15-6-7-16-29(28,20-28)35-2)19-25-26(34)33(18-21-10-4-3-5-11-21)27(36-25)31-24-14-8-13-23-22(24)12-9-17-30-23/h3-17,19H,18,20H2,1-2H3/b25-19+,31-27?. The van der Waals surface area contributed by atoms with Crippen LogP contribution in [0.15, 0.2) is 107 Å². The van der Waals surface area contributed by atoms with E-state index in [1.165, 1.54) is 11.8 Å². The minimum atomic E-state index is -0.0968. The average Bonchev–Trinajstić information content (AvgIpc) is 3.55. The lowest BCUT2D eigenvalue weighted by molar-refractivity contribution is -0.122. The van der Waals surface area contributed by atoms with Crippen LogP contribution in [0.25, 0.3) is 10.9 Å². The van der Waals surface area contributed by atoms with Crippen LogP contribution in [0, 0.1) is 0 Å². The van der Waals surface area contributed by atoms with E-state index in [1.807, 2.05) is 78.6 Å². The van der Waals surface area contributed by atoms with Crippen molar-refractivity contribution in [2.75, 3.05) is 13.3 Å². The fourth-order valence-corrected chi connectivity index (χ4v) is 7.26. The summed E-state index contributed by atoms with van der Waals surface area (Å²) in [5.74, 6) is -0.0186. The molecule has 36 heavy (non-hydrogen) atoms. The van der Waals surface area contributed by atoms with E-state index in [-0.39, 0.29) is 16.2 Å². The van der Waals surface area contributed by atoms with Crippen molar-refractivity contribution in [2.24, 2.45) is 4.99 Å². The Morgan fingerprint density at radius 3 is 2.78 bits per heavy atom. The molecule has 1 aromatic heterocycles. The molecule has 180 valence electrons. The van der Waals surface area contributed by atoms with Crippen LogP contribution in [-0.2, 0) is 11.3 Å². The summed E-state index contributed by atoms with van der Waals surface area (Å²) in [6, 6.07) is 19.9. The highest BCUT2D eigenvalue weighted by Gasteiger charge is 2.67. The molecule has 1 saturated carbocycles. The van der Waals surface area contributed by atoms with Gasteiger partial charge in [0.1, 0.15) is 0 Å². The largest absolute Gasteiger partial charge is 0.368 e. The molecule has 6 rings (SSSR count). The Labute approximate surface area is 219 Å². The van der Waals surface area contributed by atoms with E-state index in [4.69, 9.17) is 4.99 Å². The van der Waals surface area contributed by atoms with Gasteiger partial charge in [0.15, 0.2) is 5.17 Å². The Hall–Kier alpha value is -3.29. The lowest BCUT2D eigenvalue weighted by atomic mass is 10.1. The highest BCUT2D eigenvalue weighted by molar-refractivity contribution is 8.18. The van der Waals surface area contributed by atoms with Gasteiger partial charge in [-0.15, -0.1) is 0 Å². The number of aliphatic imine (C=N–C) groups is 1. The average molecular weight is 511 g/mol. The SMILES string of the molecule is CSC12C=CC=CC1(N(C)/C=C1/SC(=Nc3cccc4ncccc34)N(Cc3ccccc3)C1=O)C2. The van der Waals surface area contributed by atoms with Crippen LogP contribution in [0.5, 0.6) is 0 Å². The summed E-state index contributed by atoms with van der Waals surface area (Å²) in [4.78, 5) is 27.9. The van der Waals surface area contributed by atoms with Crippen molar-refractivity contribution in [3.8, 4) is 0 Å². The second-order valence-electron chi connectivity index (χ2n) is 9.24. The molecule has 2 aromatic carbocycles. The number of thioether (sulfide) groups is 2. The van der Waals surface area contributed by atoms with Gasteiger partial charge in [-0.25, -0.2) is 4.99 Å². The number of carbonyl (C=O) groups is 1. The first-order valence-corrected chi connectivity index (χ1v) is 13.9. The molecule has 3 aromatic rings. The van der Waals surface area contributed by atoms with Crippen molar-refractivity contribution in [3.63, 3.8) is 0 Å². The highest BCUT2D eigenvalue weighted by Crippen LogP contribution is 2.63. The number of allylic oxidation sites excluding steroid dienone is 2. The van der Waals surface area contributed by atoms with Crippen molar-refractivity contribution >= 4 is 51.2 Å². The summed E-state index contributed by atoms with van der Waals surface area (Å²) in [5, 5.41) is 1.65. The third-order valence-corrected chi connectivity index (χ3v) is 9.56. The molecule has 1 saturated heterocycles. The number of aromatic nitrogens is 1. The van der Waals surface area contributed by atoms with Crippen molar-refractivity contribution in [3.05, 3.63) is 108 Å². The quantitative estimate of drug-likeness (QED) is 0.373. The summed E-state index contributed by atoms with van der Waals surface area (Å²) in [6.45, 7) is 0.470. The van der Waals surface area contributed by atoms with Crippen molar-refractivity contribution in [1.29, 1.82) is 0 Å². The number of nitrogens with zero attached hydrogens (tertiary/aromatic N) is 4. The molecule has 1 amide bonds. The third kappa shape index (κ3) is 3.78. The molecule has 2 unspecified atom stereocenters. The minimum Gasteiger partial charge on any atom is -0.368 e. The Morgan fingerprint density at radius 2 is 1.94 bits per heavy atom. The molecular formula is C29H26N4OS2. The second kappa shape index (κ2) is 8.98. The Morgan fingerprint density at radius 1 is 1.11 bits per heavy atom. The topological polar surface area (TPSA) is 48.8 Å². The summed E-state index contributed by atoms with van der Waals surface area (Å²) < 4.78 is 0.0660. The molecule has 2 aliphatic carbocycles. The van der Waals surface area contributed by atoms with E-state index in [0.717, 1.165) is 28.6 Å². The van der Waals surface area contributed by atoms with Crippen LogP contribution in [0.2, 0.25) is 0 Å². The third-order valence-electron chi connectivity index (χ3n) is 7.20. The molecule has 0 radical (unpaired) electrons. The number of benzene rings is 2. The fraction of sp³-hybridized carbons (Fsp3) is 0.207. The van der Waals surface area contributed by atoms with Crippen LogP contribution in [0.1, 0.15) is 12.0 Å². The van der Waals surface area contributed by atoms with Gasteiger partial charge in [-0.2, -0.15) is 11.8 Å². The van der Waals surface area contributed by atoms with Crippen LogP contribution >= 0.6 is 23.5 Å². The van der Waals surface area contributed by atoms with Crippen LogP contribution in [-0.4, -0.2) is 49.4 Å². The maximum absolute atomic E-state index is 13.7. The summed E-state index contributed by atoms with van der Waals surface area (Å²) in [6.07, 6.45) is 15.8. The van der Waals surface area contributed by atoms with E-state index < -0.39 is 0 Å². The zero-order valence-electron chi connectivity index (χ0n) is 20.2. The number of hydrogen-bond acceptors (Lipinski definition) is 6. The van der Waals surface area contributed by atoms with Gasteiger partial charge in [0.2, 0.25) is 0 Å². The van der Waals surface area contributed by atoms with Crippen LogP contribution in [0.3, 0.4) is 0 Å². The first-order chi connectivity index (χ1) is 17.6. The van der Waals surface area contributed by atoms with Gasteiger partial charge in [0.05, 0.1) is 32.9 Å². The molecule has 2 fully saturated rings. The molecule has 0 spiro atoms. The molecule has 2 atom stereocenters. The maximum Gasteiger partial charge on any atom is 0.268 e. The first-order valence-electron chi connectivity index (χ1n) is 11.9. The van der Waals surface area contributed by atoms with Crippen molar-refractivity contribution in [2.45, 2.75) is 23.3 Å². The Balaban J connectivity index is 1.38. The first kappa shape index (κ1) is 23.1. The van der Waals surface area contributed by atoms with Crippen LogP contribution < -0.4 is 0 Å². The van der Waals surface area contributed by atoms with E-state index >= 15 is 0 Å². The highest BCUT2D eigenvalue weighted by atomic mass is 32.2. The van der Waals surface area contributed by atoms with Crippen molar-refractivity contribution in [1.82, 2.24) is 14.8 Å². The van der Waals surface area contributed by atoms with Gasteiger partial charge < -0.3 is 4.90 Å². The zero-order chi connectivity index (χ0) is 24.8. The fourth-order valence-electron chi connectivity index (χ4n) is 5.11. The molecule has 2 heterocycles. The maximum atomic E-state index is 13.7. The predicted octanol–water partition coefficient (Wildman–Crippen LogP) is 6.14. The smallest absolute Gasteiger partial charge is 0.268 e. The molecule has 0 N–H and O–H groups in total. The number of rotatable bonds is 6. The van der Waals surface area contributed by atoms with Crippen molar-refractivity contribution < 1.29 is 4.79 Å². The van der Waals surface area contributed by atoms with Gasteiger partial charge in [0.25, 0.3) is 5.91 Å². The molecule has 3 aliphatic rings. The number of fused-ring (bicyclic) bond motifs is 2. The Bertz CT molecular complexity index is 1460. The molecule has 0 bridgehead atoms. The van der Waals surface area contributed by atoms with Gasteiger partial charge >= 0.3 is 0 Å². The minimum absolute atomic E-state index is 0.0186. The van der Waals surface area contributed by atoms with E-state index in [1.54, 1.807) is 11.1 Å². The molecule has 5 nitrogen and oxygen atoms in total. The monoisotopic (exact) mass is 510 g/mol. The lowest BCUT2D eigenvalue weighted by Gasteiger charge is -2.30. The number of amidine groups is 1. The van der Waals surface area contributed by atoms with Gasteiger partial charge in [-0.3, -0.25) is 14.7 Å². The number of carbonyl (C=O) groups excluding carboxylic acids is 1. The van der Waals surface area contributed by atoms with E-state index in [0.29, 0.717) is 16.6 Å². The van der Waals surface area contributed by atoms with E-state index in [2.05, 4.69) is 47.5 Å². The lowest BCUT2D eigenvalue weighted by Crippen LogP contribution is -2.36. The van der Waals surface area contributed by atoms with Gasteiger partial charge in [0, 0.05) is 24.8 Å². The summed E-state index contributed by atoms with van der Waals surface area (Å²) >= 11 is 3.32.